The summed E-state index contributed by atoms with van der Waals surface area (Å²) < 4.78 is 0. The summed E-state index contributed by atoms with van der Waals surface area (Å²) in [5, 5.41) is 0. The molecule has 0 bridgehead atoms. The van der Waals surface area contributed by atoms with E-state index in [9.17, 15) is 0 Å². The molecule has 2 aliphatic carbocycles. The normalized spacial score (nSPS) is 17.4. The quantitative estimate of drug-likeness (QED) is 0.350. The van der Waals surface area contributed by atoms with Gasteiger partial charge in [-0.2, -0.15) is 33.4 Å². The molecule has 3 heteroatoms. The van der Waals surface area contributed by atoms with E-state index in [0.29, 0.717) is 5.92 Å². The fraction of sp³-hybridized carbons (Fsp3) is 0.480. The SMILES string of the molecule is Cc1c(C)c(C)[c-](C)c1C.[C-]1=Cc2ccccc2C1C1CCCCC1.[Cl-].[Cl-].[Hf+4]. The van der Waals surface area contributed by atoms with Crippen LogP contribution in [0, 0.1) is 46.6 Å². The van der Waals surface area contributed by atoms with E-state index in [1.165, 1.54) is 71.0 Å². The number of fused-ring (bicyclic) bond motifs is 1. The van der Waals surface area contributed by atoms with Gasteiger partial charge in [0, 0.05) is 0 Å². The summed E-state index contributed by atoms with van der Waals surface area (Å²) in [5.41, 5.74) is 10.3. The van der Waals surface area contributed by atoms with Crippen molar-refractivity contribution in [3.8, 4) is 0 Å². The van der Waals surface area contributed by atoms with Crippen LogP contribution in [0.3, 0.4) is 0 Å². The van der Waals surface area contributed by atoms with Crippen molar-refractivity contribution in [1.29, 1.82) is 0 Å². The minimum atomic E-state index is 0. The summed E-state index contributed by atoms with van der Waals surface area (Å²) in [6, 6.07) is 8.78. The average molecular weight is 582 g/mol. The van der Waals surface area contributed by atoms with Crippen LogP contribution >= 0.6 is 0 Å². The molecule has 0 aromatic heterocycles. The van der Waals surface area contributed by atoms with Crippen molar-refractivity contribution < 1.29 is 50.7 Å². The van der Waals surface area contributed by atoms with Crippen molar-refractivity contribution >= 4 is 6.08 Å². The number of hydrogen-bond acceptors (Lipinski definition) is 0. The molecule has 1 unspecified atom stereocenters. The van der Waals surface area contributed by atoms with Crippen LogP contribution in [0.2, 0.25) is 0 Å². The molecule has 0 heterocycles. The average Bonchev–Trinajstić information content (AvgIpc) is 3.16. The van der Waals surface area contributed by atoms with Crippen LogP contribution in [0.4, 0.5) is 0 Å². The first-order chi connectivity index (χ1) is 12.0. The number of benzene rings is 1. The topological polar surface area (TPSA) is 0 Å². The number of allylic oxidation sites excluding steroid dienone is 1. The molecule has 1 fully saturated rings. The summed E-state index contributed by atoms with van der Waals surface area (Å²) in [7, 11) is 0. The van der Waals surface area contributed by atoms with E-state index in [4.69, 9.17) is 0 Å². The second kappa shape index (κ2) is 12.5. The zero-order valence-electron chi connectivity index (χ0n) is 17.8. The van der Waals surface area contributed by atoms with Gasteiger partial charge in [0.05, 0.1) is 0 Å². The van der Waals surface area contributed by atoms with E-state index in [-0.39, 0.29) is 50.7 Å². The predicted octanol–water partition coefficient (Wildman–Crippen LogP) is 1.13. The summed E-state index contributed by atoms with van der Waals surface area (Å²) in [6.07, 6.45) is 12.8. The molecule has 0 amide bonds. The van der Waals surface area contributed by atoms with Gasteiger partial charge in [-0.15, -0.1) is 11.6 Å². The number of halogens is 2. The molecule has 0 aliphatic heterocycles. The third-order valence-corrected chi connectivity index (χ3v) is 6.68. The van der Waals surface area contributed by atoms with Crippen LogP contribution in [0.1, 0.15) is 77.0 Å². The van der Waals surface area contributed by atoms with E-state index in [0.717, 1.165) is 5.92 Å². The molecule has 1 saturated carbocycles. The van der Waals surface area contributed by atoms with Gasteiger partial charge in [0.25, 0.3) is 0 Å². The second-order valence-electron chi connectivity index (χ2n) is 7.94. The number of rotatable bonds is 1. The van der Waals surface area contributed by atoms with E-state index in [1.807, 2.05) is 0 Å². The summed E-state index contributed by atoms with van der Waals surface area (Å²) >= 11 is 0. The van der Waals surface area contributed by atoms with Gasteiger partial charge in [-0.25, -0.2) is 6.08 Å². The van der Waals surface area contributed by atoms with Crippen molar-refractivity contribution in [2.75, 3.05) is 0 Å². The van der Waals surface area contributed by atoms with Crippen LogP contribution in [-0.2, 0) is 25.8 Å². The molecule has 1 atom stereocenters. The van der Waals surface area contributed by atoms with Crippen LogP contribution in [-0.4, -0.2) is 0 Å². The van der Waals surface area contributed by atoms with E-state index >= 15 is 0 Å². The Morgan fingerprint density at radius 3 is 1.89 bits per heavy atom. The first-order valence-electron chi connectivity index (χ1n) is 9.88. The van der Waals surface area contributed by atoms with Gasteiger partial charge in [0.2, 0.25) is 0 Å². The van der Waals surface area contributed by atoms with Crippen LogP contribution in [0.25, 0.3) is 6.08 Å². The molecule has 2 aromatic carbocycles. The van der Waals surface area contributed by atoms with Crippen molar-refractivity contribution in [2.45, 2.75) is 72.6 Å². The standard InChI is InChI=1S/C15H17.C10H15.2ClH.Hf/c1-2-6-12(7-3-1)15-11-10-13-8-4-5-9-14(13)15;1-6-7(2)9(4)10(5)8(6)3;;;/h4-5,8-10,12,15H,1-3,6-7H2;1-5H3;2*1H;/q2*-1;;;+4/p-2. The van der Waals surface area contributed by atoms with Crippen molar-refractivity contribution in [1.82, 2.24) is 0 Å². The van der Waals surface area contributed by atoms with E-state index < -0.39 is 0 Å². The Hall–Kier alpha value is -0.240. The third kappa shape index (κ3) is 5.89. The van der Waals surface area contributed by atoms with Gasteiger partial charge >= 0.3 is 25.8 Å². The molecule has 2 aliphatic rings. The van der Waals surface area contributed by atoms with Crippen LogP contribution in [0.5, 0.6) is 0 Å². The Balaban J connectivity index is 0.000000503. The molecule has 28 heavy (non-hydrogen) atoms. The van der Waals surface area contributed by atoms with Crippen molar-refractivity contribution in [3.05, 3.63) is 69.3 Å². The van der Waals surface area contributed by atoms with Crippen LogP contribution < -0.4 is 24.8 Å². The van der Waals surface area contributed by atoms with E-state index in [1.54, 1.807) is 0 Å². The monoisotopic (exact) mass is 582 g/mol. The van der Waals surface area contributed by atoms with Gasteiger partial charge < -0.3 is 24.8 Å². The van der Waals surface area contributed by atoms with Crippen molar-refractivity contribution in [3.63, 3.8) is 0 Å². The minimum absolute atomic E-state index is 0. The van der Waals surface area contributed by atoms with Crippen molar-refractivity contribution in [2.24, 2.45) is 5.92 Å². The van der Waals surface area contributed by atoms with Gasteiger partial charge in [-0.05, 0) is 5.92 Å². The second-order valence-corrected chi connectivity index (χ2v) is 7.94. The Kier molecular flexibility index (Phi) is 12.3. The van der Waals surface area contributed by atoms with Gasteiger partial charge in [0.15, 0.2) is 0 Å². The first kappa shape index (κ1) is 27.8. The fourth-order valence-corrected chi connectivity index (χ4v) is 4.46. The summed E-state index contributed by atoms with van der Waals surface area (Å²) in [4.78, 5) is 0. The van der Waals surface area contributed by atoms with Gasteiger partial charge in [0.1, 0.15) is 0 Å². The third-order valence-electron chi connectivity index (χ3n) is 6.68. The molecule has 0 nitrogen and oxygen atoms in total. The molecular formula is C25H32Cl2Hf. The summed E-state index contributed by atoms with van der Waals surface area (Å²) in [5.74, 6) is 1.46. The Morgan fingerprint density at radius 2 is 1.39 bits per heavy atom. The van der Waals surface area contributed by atoms with Gasteiger partial charge in [-0.3, -0.25) is 6.08 Å². The largest absolute Gasteiger partial charge is 4.00 e. The maximum Gasteiger partial charge on any atom is 4.00 e. The smallest absolute Gasteiger partial charge is 1.00 e. The Bertz CT molecular complexity index is 687. The molecule has 0 N–H and O–H groups in total. The molecule has 0 radical (unpaired) electrons. The maximum absolute atomic E-state index is 3.57. The minimum Gasteiger partial charge on any atom is -1.00 e. The predicted molar refractivity (Wildman–Crippen MR) is 109 cm³/mol. The fourth-order valence-electron chi connectivity index (χ4n) is 4.46. The molecular weight excluding hydrogens is 550 g/mol. The molecule has 4 rings (SSSR count). The van der Waals surface area contributed by atoms with E-state index in [2.05, 4.69) is 71.0 Å². The number of hydrogen-bond donors (Lipinski definition) is 0. The molecule has 0 saturated heterocycles. The molecule has 0 spiro atoms. The Morgan fingerprint density at radius 1 is 0.857 bits per heavy atom. The molecule has 2 aromatic rings. The van der Waals surface area contributed by atoms with Gasteiger partial charge in [-0.1, -0.05) is 90.8 Å². The Labute approximate surface area is 203 Å². The summed E-state index contributed by atoms with van der Waals surface area (Å²) in [6.45, 7) is 11.0. The maximum atomic E-state index is 3.57. The molecule has 150 valence electrons. The first-order valence-corrected chi connectivity index (χ1v) is 9.88. The zero-order valence-corrected chi connectivity index (χ0v) is 22.9. The van der Waals surface area contributed by atoms with Crippen LogP contribution in [0.15, 0.2) is 24.3 Å². The zero-order chi connectivity index (χ0) is 18.0.